The van der Waals surface area contributed by atoms with Crippen LogP contribution in [-0.2, 0) is 0 Å². The van der Waals surface area contributed by atoms with Gasteiger partial charge in [-0.05, 0) is 112 Å². The SMILES string of the molecule is Cc1cc(C)cc(N2C(=S)N[C@H](c3ccccn3)[C@@H]2c2cc(C)n(-c3cc(C(=O)O)ccc3C)c2C)c1. The fourth-order valence-electron chi connectivity index (χ4n) is 5.48. The number of aryl methyl sites for hydroxylation is 4. The first kappa shape index (κ1) is 24.7. The number of nitrogens with zero attached hydrogens (tertiary/aromatic N) is 3. The van der Waals surface area contributed by atoms with Gasteiger partial charge in [0.1, 0.15) is 0 Å². The van der Waals surface area contributed by atoms with Crippen LogP contribution in [0.1, 0.15) is 61.8 Å². The Bertz CT molecular complexity index is 1510. The van der Waals surface area contributed by atoms with Crippen LogP contribution in [0.25, 0.3) is 5.69 Å². The lowest BCUT2D eigenvalue weighted by molar-refractivity contribution is 0.0697. The number of pyridine rings is 1. The van der Waals surface area contributed by atoms with Gasteiger partial charge in [0.15, 0.2) is 5.11 Å². The Kier molecular flexibility index (Phi) is 6.33. The van der Waals surface area contributed by atoms with E-state index in [1.807, 2.05) is 31.2 Å². The summed E-state index contributed by atoms with van der Waals surface area (Å²) in [7, 11) is 0. The molecule has 1 fully saturated rings. The van der Waals surface area contributed by atoms with Crippen molar-refractivity contribution in [3.63, 3.8) is 0 Å². The zero-order chi connectivity index (χ0) is 26.4. The van der Waals surface area contributed by atoms with E-state index in [0.717, 1.165) is 39.6 Å². The van der Waals surface area contributed by atoms with Crippen molar-refractivity contribution in [3.8, 4) is 5.69 Å². The van der Waals surface area contributed by atoms with Crippen LogP contribution in [-0.4, -0.2) is 25.7 Å². The second-order valence-electron chi connectivity index (χ2n) is 9.81. The average molecular weight is 511 g/mol. The lowest BCUT2D eigenvalue weighted by Gasteiger charge is -2.29. The fraction of sp³-hybridized carbons (Fsp3) is 0.233. The van der Waals surface area contributed by atoms with Gasteiger partial charge in [-0.3, -0.25) is 4.98 Å². The quantitative estimate of drug-likeness (QED) is 0.308. The molecule has 2 aromatic carbocycles. The Balaban J connectivity index is 1.72. The molecule has 0 saturated carbocycles. The lowest BCUT2D eigenvalue weighted by atomic mass is 9.96. The smallest absolute Gasteiger partial charge is 0.335 e. The summed E-state index contributed by atoms with van der Waals surface area (Å²) in [6, 6.07) is 19.6. The standard InChI is InChI=1S/C30H30N4O2S/c1-17-12-18(2)14-23(13-17)34-28(27(32-30(34)37)25-8-6-7-11-31-25)24-15-20(4)33(21(24)5)26-16-22(29(35)36)10-9-19(26)3/h6-16,27-28H,1-5H3,(H,32,37)(H,35,36)/t27-,28+/m1/s1. The Morgan fingerprint density at radius 2 is 1.70 bits per heavy atom. The summed E-state index contributed by atoms with van der Waals surface area (Å²) in [4.78, 5) is 18.6. The topological polar surface area (TPSA) is 70.4 Å². The number of hydrogen-bond acceptors (Lipinski definition) is 3. The van der Waals surface area contributed by atoms with Gasteiger partial charge in [0, 0.05) is 29.0 Å². The van der Waals surface area contributed by atoms with Crippen molar-refractivity contribution in [2.75, 3.05) is 4.90 Å². The van der Waals surface area contributed by atoms with Crippen LogP contribution in [0.5, 0.6) is 0 Å². The number of benzene rings is 2. The van der Waals surface area contributed by atoms with Crippen molar-refractivity contribution < 1.29 is 9.90 Å². The molecular formula is C30H30N4O2S. The average Bonchev–Trinajstić information content (AvgIpc) is 3.34. The molecule has 7 heteroatoms. The second-order valence-corrected chi connectivity index (χ2v) is 10.2. The van der Waals surface area contributed by atoms with Gasteiger partial charge >= 0.3 is 5.97 Å². The molecular weight excluding hydrogens is 480 g/mol. The molecule has 0 spiro atoms. The molecule has 4 aromatic rings. The highest BCUT2D eigenvalue weighted by Crippen LogP contribution is 2.44. The molecule has 1 aliphatic rings. The normalized spacial score (nSPS) is 17.2. The maximum Gasteiger partial charge on any atom is 0.335 e. The zero-order valence-electron chi connectivity index (χ0n) is 21.6. The van der Waals surface area contributed by atoms with Gasteiger partial charge in [0.2, 0.25) is 0 Å². The number of anilines is 1. The highest BCUT2D eigenvalue weighted by atomic mass is 32.1. The van der Waals surface area contributed by atoms with Crippen molar-refractivity contribution in [3.05, 3.63) is 112 Å². The zero-order valence-corrected chi connectivity index (χ0v) is 22.4. The van der Waals surface area contributed by atoms with Gasteiger partial charge in [-0.1, -0.05) is 18.2 Å². The van der Waals surface area contributed by atoms with Gasteiger partial charge in [0.25, 0.3) is 0 Å². The summed E-state index contributed by atoms with van der Waals surface area (Å²) in [5, 5.41) is 13.8. The van der Waals surface area contributed by atoms with Crippen LogP contribution in [0.4, 0.5) is 5.69 Å². The number of thiocarbonyl (C=S) groups is 1. The molecule has 2 N–H and O–H groups in total. The number of hydrogen-bond donors (Lipinski definition) is 2. The minimum atomic E-state index is -0.939. The third-order valence-electron chi connectivity index (χ3n) is 7.07. The largest absolute Gasteiger partial charge is 0.478 e. The van der Waals surface area contributed by atoms with E-state index in [4.69, 9.17) is 12.2 Å². The first-order valence-corrected chi connectivity index (χ1v) is 12.7. The molecule has 0 aliphatic carbocycles. The summed E-state index contributed by atoms with van der Waals surface area (Å²) in [5.41, 5.74) is 9.59. The molecule has 2 atom stereocenters. The molecule has 1 aliphatic heterocycles. The third-order valence-corrected chi connectivity index (χ3v) is 7.38. The Morgan fingerprint density at radius 1 is 0.973 bits per heavy atom. The Morgan fingerprint density at radius 3 is 2.35 bits per heavy atom. The van der Waals surface area contributed by atoms with Crippen LogP contribution >= 0.6 is 12.2 Å². The van der Waals surface area contributed by atoms with E-state index in [9.17, 15) is 9.90 Å². The van der Waals surface area contributed by atoms with Crippen LogP contribution < -0.4 is 10.2 Å². The van der Waals surface area contributed by atoms with Gasteiger partial charge < -0.3 is 19.9 Å². The molecule has 0 amide bonds. The summed E-state index contributed by atoms with van der Waals surface area (Å²) in [6.07, 6.45) is 1.81. The molecule has 0 radical (unpaired) electrons. The van der Waals surface area contributed by atoms with Gasteiger partial charge in [0.05, 0.1) is 23.3 Å². The highest BCUT2D eigenvalue weighted by molar-refractivity contribution is 7.80. The lowest BCUT2D eigenvalue weighted by Crippen LogP contribution is -2.29. The molecule has 5 rings (SSSR count). The van der Waals surface area contributed by atoms with Gasteiger partial charge in [-0.2, -0.15) is 0 Å². The Labute approximate surface area is 222 Å². The molecule has 0 bridgehead atoms. The number of carboxylic acid groups (broad SMARTS) is 1. The van der Waals surface area contributed by atoms with Crippen LogP contribution in [0.3, 0.4) is 0 Å². The monoisotopic (exact) mass is 510 g/mol. The van der Waals surface area contributed by atoms with Crippen molar-refractivity contribution in [1.29, 1.82) is 0 Å². The van der Waals surface area contributed by atoms with Crippen molar-refractivity contribution in [1.82, 2.24) is 14.9 Å². The van der Waals surface area contributed by atoms with Crippen LogP contribution in [0.15, 0.2) is 66.9 Å². The van der Waals surface area contributed by atoms with E-state index in [0.29, 0.717) is 5.11 Å². The number of carbonyl (C=O) groups is 1. The minimum Gasteiger partial charge on any atom is -0.478 e. The Hall–Kier alpha value is -3.97. The second kappa shape index (κ2) is 9.48. The fourth-order valence-corrected chi connectivity index (χ4v) is 5.83. The summed E-state index contributed by atoms with van der Waals surface area (Å²) in [5.74, 6) is -0.939. The maximum atomic E-state index is 11.7. The number of nitrogens with one attached hydrogen (secondary N) is 1. The van der Waals surface area contributed by atoms with Crippen LogP contribution in [0, 0.1) is 34.6 Å². The van der Waals surface area contributed by atoms with E-state index in [-0.39, 0.29) is 17.6 Å². The molecule has 2 aromatic heterocycles. The number of aromatic carboxylic acids is 1. The minimum absolute atomic E-state index is 0.147. The first-order chi connectivity index (χ1) is 17.7. The van der Waals surface area contributed by atoms with E-state index < -0.39 is 5.97 Å². The summed E-state index contributed by atoms with van der Waals surface area (Å²) in [6.45, 7) is 10.3. The molecule has 6 nitrogen and oxygen atoms in total. The number of carboxylic acids is 1. The van der Waals surface area contributed by atoms with Gasteiger partial charge in [-0.25, -0.2) is 4.79 Å². The van der Waals surface area contributed by atoms with E-state index in [2.05, 4.69) is 71.7 Å². The molecule has 3 heterocycles. The maximum absolute atomic E-state index is 11.7. The van der Waals surface area contributed by atoms with Crippen molar-refractivity contribution >= 4 is 29.0 Å². The summed E-state index contributed by atoms with van der Waals surface area (Å²) < 4.78 is 2.15. The number of aromatic nitrogens is 2. The van der Waals surface area contributed by atoms with Gasteiger partial charge in [-0.15, -0.1) is 0 Å². The third kappa shape index (κ3) is 4.40. The summed E-state index contributed by atoms with van der Waals surface area (Å²) >= 11 is 5.92. The van der Waals surface area contributed by atoms with Crippen LogP contribution in [0.2, 0.25) is 0 Å². The molecule has 37 heavy (non-hydrogen) atoms. The van der Waals surface area contributed by atoms with Crippen molar-refractivity contribution in [2.24, 2.45) is 0 Å². The molecule has 188 valence electrons. The highest BCUT2D eigenvalue weighted by Gasteiger charge is 2.42. The first-order valence-electron chi connectivity index (χ1n) is 12.3. The van der Waals surface area contributed by atoms with Crippen molar-refractivity contribution in [2.45, 2.75) is 46.7 Å². The van der Waals surface area contributed by atoms with E-state index >= 15 is 0 Å². The van der Waals surface area contributed by atoms with E-state index in [1.54, 1.807) is 18.3 Å². The molecule has 0 unspecified atom stereocenters. The van der Waals surface area contributed by atoms with E-state index in [1.165, 1.54) is 11.1 Å². The number of rotatable bonds is 5. The predicted molar refractivity (Wildman–Crippen MR) is 151 cm³/mol. The molecule has 1 saturated heterocycles. The predicted octanol–water partition coefficient (Wildman–Crippen LogP) is 6.29.